The Morgan fingerprint density at radius 2 is 1.74 bits per heavy atom. The molecule has 0 unspecified atom stereocenters. The van der Waals surface area contributed by atoms with Gasteiger partial charge in [0.05, 0.1) is 10.0 Å². The van der Waals surface area contributed by atoms with E-state index in [0.717, 1.165) is 52.1 Å². The van der Waals surface area contributed by atoms with Gasteiger partial charge in [-0.05, 0) is 41.7 Å². The number of nitrogens with zero attached hydrogens (tertiary/aromatic N) is 1. The molecule has 1 heterocycles. The normalized spacial score (nSPS) is 23.2. The van der Waals surface area contributed by atoms with E-state index >= 15 is 0 Å². The molecule has 2 atom stereocenters. The lowest BCUT2D eigenvalue weighted by atomic mass is 9.77. The molecule has 2 aliphatic rings. The van der Waals surface area contributed by atoms with Crippen molar-refractivity contribution in [1.82, 2.24) is 15.5 Å². The summed E-state index contributed by atoms with van der Waals surface area (Å²) in [4.78, 5) is 2.54. The molecular weight excluding hydrogens is 377 g/mol. The molecule has 1 aliphatic carbocycles. The van der Waals surface area contributed by atoms with Crippen LogP contribution in [0.2, 0.25) is 10.0 Å². The SMILES string of the molecule is Clc1ccc([C@H]2CC[C@H](NCCN3CCNCC3)c3ccccc32)cc1Cl. The van der Waals surface area contributed by atoms with Crippen LogP contribution in [0.25, 0.3) is 0 Å². The van der Waals surface area contributed by atoms with E-state index in [2.05, 4.69) is 45.9 Å². The summed E-state index contributed by atoms with van der Waals surface area (Å²) in [6.45, 7) is 6.69. The van der Waals surface area contributed by atoms with Gasteiger partial charge in [0, 0.05) is 51.2 Å². The van der Waals surface area contributed by atoms with Crippen LogP contribution >= 0.6 is 23.2 Å². The summed E-state index contributed by atoms with van der Waals surface area (Å²) in [6, 6.07) is 15.3. The Hall–Kier alpha value is -1.10. The van der Waals surface area contributed by atoms with E-state index in [1.807, 2.05) is 12.1 Å². The quantitative estimate of drug-likeness (QED) is 0.771. The van der Waals surface area contributed by atoms with Crippen molar-refractivity contribution in [3.63, 3.8) is 0 Å². The van der Waals surface area contributed by atoms with Crippen molar-refractivity contribution in [2.75, 3.05) is 39.3 Å². The molecule has 0 aromatic heterocycles. The summed E-state index contributed by atoms with van der Waals surface area (Å²) in [5.74, 6) is 0.391. The second kappa shape index (κ2) is 8.93. The highest BCUT2D eigenvalue weighted by Crippen LogP contribution is 2.42. The molecule has 2 aromatic carbocycles. The molecular formula is C22H27Cl2N3. The summed E-state index contributed by atoms with van der Waals surface area (Å²) in [5, 5.41) is 8.49. The first kappa shape index (κ1) is 19.2. The van der Waals surface area contributed by atoms with Gasteiger partial charge in [0.25, 0.3) is 0 Å². The average Bonchev–Trinajstić information content (AvgIpc) is 2.71. The molecule has 4 rings (SSSR count). The third-order valence-electron chi connectivity index (χ3n) is 5.87. The smallest absolute Gasteiger partial charge is 0.0595 e. The van der Waals surface area contributed by atoms with E-state index in [1.165, 1.54) is 16.7 Å². The Bertz CT molecular complexity index is 774. The first-order chi connectivity index (χ1) is 13.2. The van der Waals surface area contributed by atoms with E-state index in [-0.39, 0.29) is 0 Å². The van der Waals surface area contributed by atoms with Crippen LogP contribution in [-0.4, -0.2) is 44.2 Å². The number of benzene rings is 2. The van der Waals surface area contributed by atoms with E-state index < -0.39 is 0 Å². The fourth-order valence-corrected chi connectivity index (χ4v) is 4.72. The van der Waals surface area contributed by atoms with Crippen LogP contribution in [0, 0.1) is 0 Å². The van der Waals surface area contributed by atoms with Crippen molar-refractivity contribution < 1.29 is 0 Å². The second-order valence-corrected chi connectivity index (χ2v) is 8.35. The van der Waals surface area contributed by atoms with Gasteiger partial charge in [-0.1, -0.05) is 53.5 Å². The summed E-state index contributed by atoms with van der Waals surface area (Å²) in [6.07, 6.45) is 2.27. The van der Waals surface area contributed by atoms with E-state index in [4.69, 9.17) is 23.2 Å². The Balaban J connectivity index is 1.46. The fourth-order valence-electron chi connectivity index (χ4n) is 4.41. The lowest BCUT2D eigenvalue weighted by Gasteiger charge is -2.34. The first-order valence-electron chi connectivity index (χ1n) is 9.92. The second-order valence-electron chi connectivity index (χ2n) is 7.53. The van der Waals surface area contributed by atoms with Crippen LogP contribution in [-0.2, 0) is 0 Å². The molecule has 0 radical (unpaired) electrons. The van der Waals surface area contributed by atoms with Crippen molar-refractivity contribution in [1.29, 1.82) is 0 Å². The largest absolute Gasteiger partial charge is 0.314 e. The number of halogens is 2. The average molecular weight is 404 g/mol. The van der Waals surface area contributed by atoms with Gasteiger partial charge in [0.1, 0.15) is 0 Å². The Morgan fingerprint density at radius 3 is 2.52 bits per heavy atom. The highest BCUT2D eigenvalue weighted by molar-refractivity contribution is 6.42. The minimum absolute atomic E-state index is 0.391. The van der Waals surface area contributed by atoms with Gasteiger partial charge < -0.3 is 10.6 Å². The highest BCUT2D eigenvalue weighted by atomic mass is 35.5. The molecule has 2 aromatic rings. The monoisotopic (exact) mass is 403 g/mol. The minimum Gasteiger partial charge on any atom is -0.314 e. The summed E-state index contributed by atoms with van der Waals surface area (Å²) < 4.78 is 0. The van der Waals surface area contributed by atoms with E-state index in [0.29, 0.717) is 22.0 Å². The molecule has 1 saturated heterocycles. The van der Waals surface area contributed by atoms with Gasteiger partial charge in [-0.15, -0.1) is 0 Å². The Kier molecular flexibility index (Phi) is 6.36. The number of piperazine rings is 1. The lowest BCUT2D eigenvalue weighted by molar-refractivity contribution is 0.236. The van der Waals surface area contributed by atoms with Crippen molar-refractivity contribution in [2.45, 2.75) is 24.8 Å². The van der Waals surface area contributed by atoms with Crippen molar-refractivity contribution in [2.24, 2.45) is 0 Å². The van der Waals surface area contributed by atoms with Gasteiger partial charge in [-0.2, -0.15) is 0 Å². The van der Waals surface area contributed by atoms with Crippen LogP contribution in [0.15, 0.2) is 42.5 Å². The fraction of sp³-hybridized carbons (Fsp3) is 0.455. The van der Waals surface area contributed by atoms with Gasteiger partial charge in [-0.3, -0.25) is 4.90 Å². The molecule has 0 spiro atoms. The Morgan fingerprint density at radius 1 is 0.963 bits per heavy atom. The third kappa shape index (κ3) is 4.49. The van der Waals surface area contributed by atoms with Gasteiger partial charge in [0.2, 0.25) is 0 Å². The molecule has 1 aliphatic heterocycles. The van der Waals surface area contributed by atoms with E-state index in [9.17, 15) is 0 Å². The molecule has 27 heavy (non-hydrogen) atoms. The molecule has 0 amide bonds. The molecule has 0 saturated carbocycles. The number of hydrogen-bond donors (Lipinski definition) is 2. The van der Waals surface area contributed by atoms with Gasteiger partial charge in [0.15, 0.2) is 0 Å². The van der Waals surface area contributed by atoms with Crippen LogP contribution in [0.3, 0.4) is 0 Å². The number of fused-ring (bicyclic) bond motifs is 1. The molecule has 3 nitrogen and oxygen atoms in total. The van der Waals surface area contributed by atoms with Crippen molar-refractivity contribution in [3.8, 4) is 0 Å². The maximum Gasteiger partial charge on any atom is 0.0595 e. The molecule has 144 valence electrons. The first-order valence-corrected chi connectivity index (χ1v) is 10.7. The van der Waals surface area contributed by atoms with Crippen molar-refractivity contribution >= 4 is 23.2 Å². The van der Waals surface area contributed by atoms with Crippen LogP contribution in [0.5, 0.6) is 0 Å². The third-order valence-corrected chi connectivity index (χ3v) is 6.60. The van der Waals surface area contributed by atoms with Gasteiger partial charge >= 0.3 is 0 Å². The zero-order valence-corrected chi connectivity index (χ0v) is 17.1. The van der Waals surface area contributed by atoms with Crippen LogP contribution in [0.1, 0.15) is 41.5 Å². The Labute approximate surface area is 172 Å². The number of nitrogens with one attached hydrogen (secondary N) is 2. The maximum absolute atomic E-state index is 6.28. The topological polar surface area (TPSA) is 27.3 Å². The van der Waals surface area contributed by atoms with Crippen LogP contribution < -0.4 is 10.6 Å². The number of hydrogen-bond acceptors (Lipinski definition) is 3. The number of rotatable bonds is 5. The summed E-state index contributed by atoms with van der Waals surface area (Å²) in [5.41, 5.74) is 4.11. The lowest BCUT2D eigenvalue weighted by Crippen LogP contribution is -2.46. The van der Waals surface area contributed by atoms with Gasteiger partial charge in [-0.25, -0.2) is 0 Å². The summed E-state index contributed by atoms with van der Waals surface area (Å²) >= 11 is 12.4. The standard InChI is InChI=1S/C22H27Cl2N3/c23-20-7-5-16(15-21(20)24)17-6-8-22(19-4-2-1-3-18(17)19)26-11-14-27-12-9-25-10-13-27/h1-5,7,15,17,22,25-26H,6,8-14H2/t17-,22+/m1/s1. The molecule has 0 bridgehead atoms. The van der Waals surface area contributed by atoms with Crippen molar-refractivity contribution in [3.05, 3.63) is 69.2 Å². The zero-order valence-electron chi connectivity index (χ0n) is 15.6. The van der Waals surface area contributed by atoms with Crippen LogP contribution in [0.4, 0.5) is 0 Å². The predicted octanol–water partition coefficient (Wildman–Crippen LogP) is 4.46. The highest BCUT2D eigenvalue weighted by Gasteiger charge is 2.28. The molecule has 2 N–H and O–H groups in total. The zero-order chi connectivity index (χ0) is 18.6. The maximum atomic E-state index is 6.28. The summed E-state index contributed by atoms with van der Waals surface area (Å²) in [7, 11) is 0. The minimum atomic E-state index is 0.391. The van der Waals surface area contributed by atoms with E-state index in [1.54, 1.807) is 0 Å². The predicted molar refractivity (Wildman–Crippen MR) is 114 cm³/mol. The molecule has 1 fully saturated rings. The molecule has 5 heteroatoms.